The van der Waals surface area contributed by atoms with Gasteiger partial charge in [0.15, 0.2) is 5.82 Å². The molecule has 7 heteroatoms. The number of benzene rings is 1. The lowest BCUT2D eigenvalue weighted by Gasteiger charge is -2.05. The zero-order valence-electron chi connectivity index (χ0n) is 11.1. The molecular formula is C13H16BrN3O2S. The monoisotopic (exact) mass is 357 g/mol. The number of hydrogen-bond acceptors (Lipinski definition) is 3. The van der Waals surface area contributed by atoms with Crippen molar-refractivity contribution in [3.8, 4) is 0 Å². The van der Waals surface area contributed by atoms with Crippen LogP contribution in [-0.4, -0.2) is 18.6 Å². The predicted octanol–water partition coefficient (Wildman–Crippen LogP) is 3.06. The molecule has 0 saturated carbocycles. The number of halogens is 1. The van der Waals surface area contributed by atoms with E-state index in [1.165, 1.54) is 0 Å². The highest BCUT2D eigenvalue weighted by Crippen LogP contribution is 2.17. The van der Waals surface area contributed by atoms with Gasteiger partial charge in [0.2, 0.25) is 0 Å². The maximum Gasteiger partial charge on any atom is 0.263 e. The Balaban J connectivity index is 2.16. The smallest absolute Gasteiger partial charge is 0.263 e. The van der Waals surface area contributed by atoms with Gasteiger partial charge in [-0.05, 0) is 24.1 Å². The van der Waals surface area contributed by atoms with Crippen LogP contribution in [0.3, 0.4) is 0 Å². The highest BCUT2D eigenvalue weighted by molar-refractivity contribution is 9.08. The summed E-state index contributed by atoms with van der Waals surface area (Å²) in [5.41, 5.74) is 1.94. The van der Waals surface area contributed by atoms with Crippen molar-refractivity contribution in [1.29, 1.82) is 0 Å². The minimum absolute atomic E-state index is 0.224. The van der Waals surface area contributed by atoms with Crippen molar-refractivity contribution >= 4 is 31.8 Å². The molecule has 0 saturated heterocycles. The molecule has 0 aliphatic rings. The Bertz CT molecular complexity index is 665. The second-order valence-electron chi connectivity index (χ2n) is 4.41. The molecule has 0 spiro atoms. The van der Waals surface area contributed by atoms with Crippen LogP contribution in [-0.2, 0) is 21.8 Å². The molecule has 108 valence electrons. The molecule has 0 amide bonds. The molecule has 2 aromatic rings. The summed E-state index contributed by atoms with van der Waals surface area (Å²) in [6, 6.07) is 8.43. The molecule has 1 aromatic heterocycles. The van der Waals surface area contributed by atoms with Crippen LogP contribution in [0.25, 0.3) is 0 Å². The number of sulfonamides is 1. The number of anilines is 1. The number of H-pyrrole nitrogens is 1. The molecule has 2 rings (SSSR count). The summed E-state index contributed by atoms with van der Waals surface area (Å²) in [4.78, 5) is 0.224. The number of hydrogen-bond donors (Lipinski definition) is 2. The predicted molar refractivity (Wildman–Crippen MR) is 82.5 cm³/mol. The lowest BCUT2D eigenvalue weighted by atomic mass is 10.2. The number of aromatic amines is 1. The van der Waals surface area contributed by atoms with Crippen molar-refractivity contribution in [2.45, 2.75) is 30.0 Å². The van der Waals surface area contributed by atoms with Crippen molar-refractivity contribution in [2.75, 3.05) is 4.72 Å². The summed E-state index contributed by atoms with van der Waals surface area (Å²) in [5.74, 6) is 0.318. The van der Waals surface area contributed by atoms with Gasteiger partial charge in [-0.1, -0.05) is 41.4 Å². The number of rotatable bonds is 6. The van der Waals surface area contributed by atoms with E-state index in [4.69, 9.17) is 0 Å². The standard InChI is InChI=1S/C13H16BrN3O2S/c1-2-3-11-8-13(16-15-11)17-20(18,19)12-6-4-10(9-14)5-7-12/h4-8H,2-3,9H2,1H3,(H2,15,16,17). The van der Waals surface area contributed by atoms with Crippen LogP contribution in [0.4, 0.5) is 5.82 Å². The third-order valence-corrected chi connectivity index (χ3v) is 4.80. The molecule has 1 heterocycles. The zero-order chi connectivity index (χ0) is 14.6. The van der Waals surface area contributed by atoms with E-state index in [1.54, 1.807) is 30.3 Å². The van der Waals surface area contributed by atoms with Gasteiger partial charge < -0.3 is 0 Å². The minimum Gasteiger partial charge on any atom is -0.280 e. The summed E-state index contributed by atoms with van der Waals surface area (Å²) in [5, 5.41) is 7.47. The van der Waals surface area contributed by atoms with Gasteiger partial charge in [0.05, 0.1) is 4.90 Å². The third kappa shape index (κ3) is 3.61. The molecule has 0 radical (unpaired) electrons. The second kappa shape index (κ2) is 6.41. The molecule has 0 atom stereocenters. The molecule has 0 unspecified atom stereocenters. The molecule has 5 nitrogen and oxygen atoms in total. The average molecular weight is 358 g/mol. The highest BCUT2D eigenvalue weighted by atomic mass is 79.9. The Morgan fingerprint density at radius 3 is 2.60 bits per heavy atom. The van der Waals surface area contributed by atoms with E-state index in [0.29, 0.717) is 11.1 Å². The van der Waals surface area contributed by atoms with Crippen molar-refractivity contribution in [2.24, 2.45) is 0 Å². The fraction of sp³-hybridized carbons (Fsp3) is 0.308. The maximum atomic E-state index is 12.2. The Morgan fingerprint density at radius 2 is 2.00 bits per heavy atom. The first-order valence-corrected chi connectivity index (χ1v) is 8.87. The second-order valence-corrected chi connectivity index (χ2v) is 6.65. The van der Waals surface area contributed by atoms with Crippen LogP contribution in [0.1, 0.15) is 24.6 Å². The van der Waals surface area contributed by atoms with Crippen LogP contribution in [0.2, 0.25) is 0 Å². The van der Waals surface area contributed by atoms with Crippen LogP contribution >= 0.6 is 15.9 Å². The van der Waals surface area contributed by atoms with Crippen LogP contribution in [0, 0.1) is 0 Å². The molecule has 0 aliphatic carbocycles. The number of alkyl halides is 1. The van der Waals surface area contributed by atoms with E-state index in [9.17, 15) is 8.42 Å². The summed E-state index contributed by atoms with van der Waals surface area (Å²) in [7, 11) is -3.59. The molecular weight excluding hydrogens is 342 g/mol. The number of aryl methyl sites for hydroxylation is 1. The zero-order valence-corrected chi connectivity index (χ0v) is 13.5. The van der Waals surface area contributed by atoms with Crippen LogP contribution < -0.4 is 4.72 Å². The Labute approximate surface area is 127 Å². The molecule has 0 aliphatic heterocycles. The average Bonchev–Trinajstić information content (AvgIpc) is 2.86. The van der Waals surface area contributed by atoms with Crippen LogP contribution in [0.15, 0.2) is 35.2 Å². The number of nitrogens with zero attached hydrogens (tertiary/aromatic N) is 1. The van der Waals surface area contributed by atoms with E-state index in [0.717, 1.165) is 24.1 Å². The molecule has 0 bridgehead atoms. The first kappa shape index (κ1) is 15.1. The lowest BCUT2D eigenvalue weighted by molar-refractivity contribution is 0.601. The topological polar surface area (TPSA) is 74.8 Å². The first-order valence-electron chi connectivity index (χ1n) is 6.27. The lowest BCUT2D eigenvalue weighted by Crippen LogP contribution is -2.13. The Kier molecular flexibility index (Phi) is 4.82. The van der Waals surface area contributed by atoms with E-state index in [-0.39, 0.29) is 4.90 Å². The summed E-state index contributed by atoms with van der Waals surface area (Å²) in [6.45, 7) is 2.05. The van der Waals surface area contributed by atoms with Gasteiger partial charge in [0, 0.05) is 17.1 Å². The van der Waals surface area contributed by atoms with Crippen molar-refractivity contribution < 1.29 is 8.42 Å². The number of nitrogens with one attached hydrogen (secondary N) is 2. The van der Waals surface area contributed by atoms with Gasteiger partial charge >= 0.3 is 0 Å². The number of aromatic nitrogens is 2. The van der Waals surface area contributed by atoms with Gasteiger partial charge in [-0.3, -0.25) is 9.82 Å². The Hall–Kier alpha value is -1.34. The fourth-order valence-electron chi connectivity index (χ4n) is 1.77. The van der Waals surface area contributed by atoms with Gasteiger partial charge in [0.25, 0.3) is 10.0 Å². The maximum absolute atomic E-state index is 12.2. The van der Waals surface area contributed by atoms with Gasteiger partial charge in [-0.2, -0.15) is 5.10 Å². The van der Waals surface area contributed by atoms with E-state index < -0.39 is 10.0 Å². The van der Waals surface area contributed by atoms with Gasteiger partial charge in [0.1, 0.15) is 0 Å². The molecule has 2 N–H and O–H groups in total. The molecule has 20 heavy (non-hydrogen) atoms. The van der Waals surface area contributed by atoms with Gasteiger partial charge in [-0.25, -0.2) is 8.42 Å². The van der Waals surface area contributed by atoms with E-state index >= 15 is 0 Å². The largest absolute Gasteiger partial charge is 0.280 e. The SMILES string of the molecule is CCCc1cc(NS(=O)(=O)c2ccc(CBr)cc2)n[nH]1. The third-order valence-electron chi connectivity index (χ3n) is 2.78. The summed E-state index contributed by atoms with van der Waals surface area (Å²) >= 11 is 3.32. The quantitative estimate of drug-likeness (QED) is 0.780. The normalized spacial score (nSPS) is 11.5. The first-order chi connectivity index (χ1) is 9.55. The Morgan fingerprint density at radius 1 is 1.30 bits per heavy atom. The summed E-state index contributed by atoms with van der Waals surface area (Å²) in [6.07, 6.45) is 1.82. The molecule has 1 aromatic carbocycles. The van der Waals surface area contributed by atoms with Crippen LogP contribution in [0.5, 0.6) is 0 Å². The van der Waals surface area contributed by atoms with E-state index in [1.807, 2.05) is 0 Å². The van der Waals surface area contributed by atoms with Crippen molar-refractivity contribution in [3.63, 3.8) is 0 Å². The molecule has 0 fully saturated rings. The fourth-order valence-corrected chi connectivity index (χ4v) is 3.13. The highest BCUT2D eigenvalue weighted by Gasteiger charge is 2.15. The summed E-state index contributed by atoms with van der Waals surface area (Å²) < 4.78 is 26.9. The van der Waals surface area contributed by atoms with Crippen molar-refractivity contribution in [1.82, 2.24) is 10.2 Å². The van der Waals surface area contributed by atoms with E-state index in [2.05, 4.69) is 37.8 Å². The van der Waals surface area contributed by atoms with Gasteiger partial charge in [-0.15, -0.1) is 0 Å². The van der Waals surface area contributed by atoms with Crippen molar-refractivity contribution in [3.05, 3.63) is 41.6 Å². The minimum atomic E-state index is -3.59.